The summed E-state index contributed by atoms with van der Waals surface area (Å²) in [6.45, 7) is 8.08. The highest BCUT2D eigenvalue weighted by atomic mass is 16.2. The van der Waals surface area contributed by atoms with Crippen molar-refractivity contribution in [3.05, 3.63) is 130 Å². The van der Waals surface area contributed by atoms with Gasteiger partial charge in [-0.15, -0.1) is 0 Å². The van der Waals surface area contributed by atoms with Crippen molar-refractivity contribution >= 4 is 29.0 Å². The lowest BCUT2D eigenvalue weighted by atomic mass is 9.59. The number of fused-ring (bicyclic) bond motifs is 2. The predicted octanol–water partition coefficient (Wildman–Crippen LogP) is 7.58. The molecule has 0 saturated carbocycles. The highest BCUT2D eigenvalue weighted by Gasteiger charge is 2.46. The topological polar surface area (TPSA) is 75.3 Å². The van der Waals surface area contributed by atoms with Crippen LogP contribution in [0, 0.1) is 11.8 Å². The number of carbonyl (C=O) groups is 3. The average Bonchev–Trinajstić information content (AvgIpc) is 2.94. The summed E-state index contributed by atoms with van der Waals surface area (Å²) in [4.78, 5) is 38.6. The van der Waals surface area contributed by atoms with Gasteiger partial charge in [-0.05, 0) is 58.4 Å². The summed E-state index contributed by atoms with van der Waals surface area (Å²) in [6.07, 6.45) is 0.906. The molecule has 1 aliphatic rings. The van der Waals surface area contributed by atoms with Gasteiger partial charge in [-0.1, -0.05) is 100 Å². The van der Waals surface area contributed by atoms with E-state index < -0.39 is 5.41 Å². The van der Waals surface area contributed by atoms with Crippen LogP contribution in [0.25, 0.3) is 0 Å². The quantitative estimate of drug-likeness (QED) is 0.211. The molecule has 208 valence electrons. The number of carbonyl (C=O) groups excluding carboxylic acids is 3. The van der Waals surface area contributed by atoms with Crippen molar-refractivity contribution in [3.8, 4) is 0 Å². The first-order valence-corrected chi connectivity index (χ1v) is 14.2. The Kier molecular flexibility index (Phi) is 7.89. The van der Waals surface area contributed by atoms with E-state index in [9.17, 15) is 14.4 Å². The van der Waals surface area contributed by atoms with Gasteiger partial charge in [0.15, 0.2) is 5.78 Å². The smallest absolute Gasteiger partial charge is 0.224 e. The molecule has 0 atom stereocenters. The van der Waals surface area contributed by atoms with Gasteiger partial charge in [0.2, 0.25) is 11.8 Å². The fourth-order valence-corrected chi connectivity index (χ4v) is 5.87. The summed E-state index contributed by atoms with van der Waals surface area (Å²) in [6, 6.07) is 31.4. The minimum absolute atomic E-state index is 0.00182. The Labute approximate surface area is 242 Å². The zero-order valence-electron chi connectivity index (χ0n) is 24.0. The number of hydrogen-bond acceptors (Lipinski definition) is 3. The molecule has 4 aromatic rings. The van der Waals surface area contributed by atoms with Crippen molar-refractivity contribution in [3.63, 3.8) is 0 Å². The van der Waals surface area contributed by atoms with E-state index in [1.165, 1.54) is 0 Å². The Balaban J connectivity index is 1.67. The molecular formula is C36H36N2O3. The molecule has 0 aromatic heterocycles. The molecule has 0 radical (unpaired) electrons. The van der Waals surface area contributed by atoms with Crippen molar-refractivity contribution in [1.29, 1.82) is 0 Å². The lowest BCUT2D eigenvalue weighted by molar-refractivity contribution is -0.117. The van der Waals surface area contributed by atoms with E-state index in [-0.39, 0.29) is 29.4 Å². The van der Waals surface area contributed by atoms with Crippen LogP contribution in [0.1, 0.15) is 78.7 Å². The van der Waals surface area contributed by atoms with Gasteiger partial charge in [0.1, 0.15) is 0 Å². The van der Waals surface area contributed by atoms with E-state index in [1.807, 2.05) is 125 Å². The molecule has 5 nitrogen and oxygen atoms in total. The van der Waals surface area contributed by atoms with Crippen molar-refractivity contribution in [2.75, 3.05) is 10.6 Å². The van der Waals surface area contributed by atoms with Crippen LogP contribution in [-0.2, 0) is 15.0 Å². The second-order valence-corrected chi connectivity index (χ2v) is 11.6. The van der Waals surface area contributed by atoms with Gasteiger partial charge in [0.05, 0.1) is 5.41 Å². The zero-order valence-corrected chi connectivity index (χ0v) is 24.0. The molecule has 0 unspecified atom stereocenters. The highest BCUT2D eigenvalue weighted by Crippen LogP contribution is 2.51. The molecule has 0 aliphatic heterocycles. The van der Waals surface area contributed by atoms with Gasteiger partial charge in [0.25, 0.3) is 0 Å². The molecule has 0 fully saturated rings. The first kappa shape index (κ1) is 28.0. The number of rotatable bonds is 8. The number of anilines is 2. The second-order valence-electron chi connectivity index (χ2n) is 11.6. The monoisotopic (exact) mass is 544 g/mol. The number of amides is 2. The third-order valence-electron chi connectivity index (χ3n) is 7.54. The van der Waals surface area contributed by atoms with Crippen LogP contribution in [-0.4, -0.2) is 17.6 Å². The van der Waals surface area contributed by atoms with E-state index >= 15 is 0 Å². The van der Waals surface area contributed by atoms with E-state index in [1.54, 1.807) is 0 Å². The molecular weight excluding hydrogens is 508 g/mol. The Morgan fingerprint density at radius 3 is 1.32 bits per heavy atom. The fraction of sp³-hybridized carbons (Fsp3) is 0.250. The second kappa shape index (κ2) is 11.5. The third-order valence-corrected chi connectivity index (χ3v) is 7.54. The summed E-state index contributed by atoms with van der Waals surface area (Å²) in [7, 11) is 0. The molecule has 2 amide bonds. The molecule has 4 aromatic carbocycles. The number of nitrogens with one attached hydrogen (secondary N) is 2. The van der Waals surface area contributed by atoms with Gasteiger partial charge in [-0.2, -0.15) is 0 Å². The first-order valence-electron chi connectivity index (χ1n) is 14.2. The molecule has 0 spiro atoms. The largest absolute Gasteiger partial charge is 0.326 e. The van der Waals surface area contributed by atoms with Crippen LogP contribution in [0.4, 0.5) is 11.4 Å². The minimum Gasteiger partial charge on any atom is -0.326 e. The fourth-order valence-electron chi connectivity index (χ4n) is 5.87. The van der Waals surface area contributed by atoms with Crippen LogP contribution < -0.4 is 10.6 Å². The number of hydrogen-bond donors (Lipinski definition) is 2. The van der Waals surface area contributed by atoms with E-state index in [0.29, 0.717) is 24.0 Å². The van der Waals surface area contributed by atoms with Crippen LogP contribution >= 0.6 is 0 Å². The molecule has 0 heterocycles. The van der Waals surface area contributed by atoms with Crippen LogP contribution in [0.5, 0.6) is 0 Å². The summed E-state index contributed by atoms with van der Waals surface area (Å²) in [5.41, 5.74) is 5.74. The Morgan fingerprint density at radius 2 is 0.951 bits per heavy atom. The lowest BCUT2D eigenvalue weighted by Gasteiger charge is -2.41. The van der Waals surface area contributed by atoms with Crippen molar-refractivity contribution < 1.29 is 14.4 Å². The maximum atomic E-state index is 13.7. The van der Waals surface area contributed by atoms with E-state index in [0.717, 1.165) is 33.6 Å². The molecule has 5 rings (SSSR count). The molecule has 41 heavy (non-hydrogen) atoms. The van der Waals surface area contributed by atoms with Gasteiger partial charge >= 0.3 is 0 Å². The van der Waals surface area contributed by atoms with Gasteiger partial charge in [-0.25, -0.2) is 0 Å². The van der Waals surface area contributed by atoms with Crippen molar-refractivity contribution in [2.45, 2.75) is 46.0 Å². The third kappa shape index (κ3) is 5.45. The first-order chi connectivity index (χ1) is 19.7. The Bertz CT molecular complexity index is 1470. The summed E-state index contributed by atoms with van der Waals surface area (Å²) in [5.74, 6) is 0.502. The Morgan fingerprint density at radius 1 is 0.585 bits per heavy atom. The molecule has 1 aliphatic carbocycles. The van der Waals surface area contributed by atoms with Gasteiger partial charge in [0, 0.05) is 35.3 Å². The van der Waals surface area contributed by atoms with E-state index in [4.69, 9.17) is 0 Å². The van der Waals surface area contributed by atoms with Crippen LogP contribution in [0.2, 0.25) is 0 Å². The molecule has 0 bridgehead atoms. The van der Waals surface area contributed by atoms with Crippen molar-refractivity contribution in [1.82, 2.24) is 0 Å². The van der Waals surface area contributed by atoms with E-state index in [2.05, 4.69) is 10.6 Å². The van der Waals surface area contributed by atoms with Crippen molar-refractivity contribution in [2.24, 2.45) is 11.8 Å². The standard InChI is InChI=1S/C36H36N2O3/c1-23(2)21-33(39)37-27-17-13-25(14-18-27)36(26-15-19-28(20-16-26)38-34(40)22-24(3)4)31-11-7-5-9-29(31)35(41)30-10-6-8-12-32(30)36/h5-20,23-24H,21-22H2,1-4H3,(H,37,39)(H,38,40). The normalized spacial score (nSPS) is 13.5. The SMILES string of the molecule is CC(C)CC(=O)Nc1ccc(C2(c3ccc(NC(=O)CC(C)C)cc3)c3ccccc3C(=O)c3ccccc32)cc1. The van der Waals surface area contributed by atoms with Gasteiger partial charge < -0.3 is 10.6 Å². The highest BCUT2D eigenvalue weighted by molar-refractivity contribution is 6.14. The lowest BCUT2D eigenvalue weighted by Crippen LogP contribution is -2.38. The maximum absolute atomic E-state index is 13.7. The number of ketones is 1. The minimum atomic E-state index is -0.790. The maximum Gasteiger partial charge on any atom is 0.224 e. The summed E-state index contributed by atoms with van der Waals surface area (Å²) < 4.78 is 0. The zero-order chi connectivity index (χ0) is 29.1. The summed E-state index contributed by atoms with van der Waals surface area (Å²) in [5, 5.41) is 6.01. The Hall–Kier alpha value is -4.51. The van der Waals surface area contributed by atoms with Crippen LogP contribution in [0.3, 0.4) is 0 Å². The number of benzene rings is 4. The summed E-state index contributed by atoms with van der Waals surface area (Å²) >= 11 is 0. The van der Waals surface area contributed by atoms with Gasteiger partial charge in [-0.3, -0.25) is 14.4 Å². The molecule has 0 saturated heterocycles. The molecule has 2 N–H and O–H groups in total. The molecule has 5 heteroatoms. The van der Waals surface area contributed by atoms with Crippen LogP contribution in [0.15, 0.2) is 97.1 Å². The average molecular weight is 545 g/mol. The predicted molar refractivity (Wildman–Crippen MR) is 164 cm³/mol.